The summed E-state index contributed by atoms with van der Waals surface area (Å²) in [6.07, 6.45) is 0.0859. The van der Waals surface area contributed by atoms with E-state index in [0.29, 0.717) is 28.1 Å². The summed E-state index contributed by atoms with van der Waals surface area (Å²) < 4.78 is 18.2. The fourth-order valence-electron chi connectivity index (χ4n) is 3.35. The molecule has 0 spiro atoms. The van der Waals surface area contributed by atoms with Crippen molar-refractivity contribution in [2.45, 2.75) is 26.3 Å². The molecule has 2 aromatic carbocycles. The molecule has 0 aliphatic carbocycles. The lowest BCUT2D eigenvalue weighted by Crippen LogP contribution is -2.46. The Hall–Kier alpha value is -3.68. The highest BCUT2D eigenvalue weighted by Crippen LogP contribution is 2.31. The summed E-state index contributed by atoms with van der Waals surface area (Å²) >= 11 is 0. The minimum atomic E-state index is -0.711. The van der Waals surface area contributed by atoms with Crippen LogP contribution < -0.4 is 10.6 Å². The number of ether oxygens (including phenoxy) is 1. The topological polar surface area (TPSA) is 87.7 Å². The van der Waals surface area contributed by atoms with Crippen LogP contribution in [0.4, 0.5) is 14.9 Å². The molecule has 2 N–H and O–H groups in total. The molecule has 7 nitrogen and oxygen atoms in total. The first kappa shape index (κ1) is 22.0. The van der Waals surface area contributed by atoms with Crippen molar-refractivity contribution in [3.8, 4) is 0 Å². The zero-order valence-corrected chi connectivity index (χ0v) is 17.6. The van der Waals surface area contributed by atoms with Crippen LogP contribution in [-0.4, -0.2) is 36.5 Å². The van der Waals surface area contributed by atoms with Crippen LogP contribution >= 0.6 is 0 Å². The van der Waals surface area contributed by atoms with Crippen LogP contribution in [0, 0.1) is 5.82 Å². The fraction of sp³-hybridized carbons (Fsp3) is 0.261. The van der Waals surface area contributed by atoms with Crippen LogP contribution in [-0.2, 0) is 20.7 Å². The molecule has 1 aliphatic rings. The number of urea groups is 1. The van der Waals surface area contributed by atoms with E-state index in [4.69, 9.17) is 4.74 Å². The Morgan fingerprint density at radius 1 is 1.19 bits per heavy atom. The second-order valence-electron chi connectivity index (χ2n) is 7.14. The van der Waals surface area contributed by atoms with Crippen molar-refractivity contribution >= 4 is 23.6 Å². The van der Waals surface area contributed by atoms with Gasteiger partial charge in [-0.3, -0.25) is 4.79 Å². The molecule has 0 saturated heterocycles. The third-order valence-corrected chi connectivity index (χ3v) is 5.03. The monoisotopic (exact) mass is 425 g/mol. The zero-order valence-electron chi connectivity index (χ0n) is 17.6. The minimum absolute atomic E-state index is 0.0859. The number of halogens is 1. The molecule has 0 aromatic heterocycles. The number of amides is 3. The van der Waals surface area contributed by atoms with Crippen molar-refractivity contribution in [1.82, 2.24) is 10.2 Å². The van der Waals surface area contributed by atoms with E-state index in [0.717, 1.165) is 0 Å². The van der Waals surface area contributed by atoms with E-state index in [1.807, 2.05) is 0 Å². The Balaban J connectivity index is 1.83. The van der Waals surface area contributed by atoms with E-state index in [-0.39, 0.29) is 30.8 Å². The maximum absolute atomic E-state index is 13.0. The number of hydrogen-bond acceptors (Lipinski definition) is 4. The van der Waals surface area contributed by atoms with Crippen molar-refractivity contribution in [3.05, 3.63) is 76.7 Å². The Morgan fingerprint density at radius 3 is 2.58 bits per heavy atom. The number of allylic oxidation sites excluding steroid dienone is 1. The average Bonchev–Trinajstić information content (AvgIpc) is 2.73. The first-order valence-electron chi connectivity index (χ1n) is 9.86. The Bertz CT molecular complexity index is 1030. The van der Waals surface area contributed by atoms with Crippen LogP contribution in [0.2, 0.25) is 0 Å². The number of hydrogen-bond donors (Lipinski definition) is 2. The Labute approximate surface area is 179 Å². The summed E-state index contributed by atoms with van der Waals surface area (Å²) in [6, 6.07) is 11.6. The molecule has 3 amide bonds. The average molecular weight is 425 g/mol. The highest BCUT2D eigenvalue weighted by molar-refractivity contribution is 5.95. The van der Waals surface area contributed by atoms with Crippen LogP contribution in [0.3, 0.4) is 0 Å². The van der Waals surface area contributed by atoms with Gasteiger partial charge >= 0.3 is 12.0 Å². The largest absolute Gasteiger partial charge is 0.463 e. The van der Waals surface area contributed by atoms with Crippen molar-refractivity contribution in [1.29, 1.82) is 0 Å². The van der Waals surface area contributed by atoms with E-state index >= 15 is 0 Å². The van der Waals surface area contributed by atoms with Gasteiger partial charge in [-0.05, 0) is 49.2 Å². The van der Waals surface area contributed by atoms with E-state index < -0.39 is 12.0 Å². The van der Waals surface area contributed by atoms with Crippen molar-refractivity contribution in [2.24, 2.45) is 0 Å². The van der Waals surface area contributed by atoms with Gasteiger partial charge in [-0.15, -0.1) is 0 Å². The first-order chi connectivity index (χ1) is 14.8. The number of anilines is 1. The number of carbonyl (C=O) groups excluding carboxylic acids is 3. The quantitative estimate of drug-likeness (QED) is 0.693. The number of benzene rings is 2. The second-order valence-corrected chi connectivity index (χ2v) is 7.14. The Morgan fingerprint density at radius 2 is 1.90 bits per heavy atom. The highest BCUT2D eigenvalue weighted by atomic mass is 19.1. The van der Waals surface area contributed by atoms with Crippen molar-refractivity contribution < 1.29 is 23.5 Å². The van der Waals surface area contributed by atoms with Gasteiger partial charge in [0, 0.05) is 18.4 Å². The summed E-state index contributed by atoms with van der Waals surface area (Å²) in [7, 11) is 1.58. The minimum Gasteiger partial charge on any atom is -0.463 e. The molecule has 0 bridgehead atoms. The van der Waals surface area contributed by atoms with Crippen molar-refractivity contribution in [3.63, 3.8) is 0 Å². The van der Waals surface area contributed by atoms with E-state index in [1.165, 1.54) is 17.0 Å². The third kappa shape index (κ3) is 5.09. The normalized spacial score (nSPS) is 16.1. The fourth-order valence-corrected chi connectivity index (χ4v) is 3.35. The van der Waals surface area contributed by atoms with Crippen molar-refractivity contribution in [2.75, 3.05) is 19.0 Å². The van der Waals surface area contributed by atoms with Crippen LogP contribution in [0.1, 0.15) is 31.0 Å². The van der Waals surface area contributed by atoms with E-state index in [9.17, 15) is 18.8 Å². The van der Waals surface area contributed by atoms with Gasteiger partial charge in [0.15, 0.2) is 0 Å². The van der Waals surface area contributed by atoms with Gasteiger partial charge in [0.1, 0.15) is 5.82 Å². The predicted octanol–water partition coefficient (Wildman–Crippen LogP) is 3.54. The maximum Gasteiger partial charge on any atom is 0.338 e. The number of carbonyl (C=O) groups is 3. The number of nitrogens with zero attached hydrogens (tertiary/aromatic N) is 1. The molecule has 1 aliphatic heterocycles. The van der Waals surface area contributed by atoms with E-state index in [2.05, 4.69) is 10.6 Å². The smallest absolute Gasteiger partial charge is 0.338 e. The molecular formula is C23H24FN3O4. The molecule has 1 heterocycles. The summed E-state index contributed by atoms with van der Waals surface area (Å²) in [4.78, 5) is 38.7. The Kier molecular flexibility index (Phi) is 6.69. The lowest BCUT2D eigenvalue weighted by molar-refractivity contribution is -0.139. The molecule has 0 saturated carbocycles. The third-order valence-electron chi connectivity index (χ3n) is 5.03. The van der Waals surface area contributed by atoms with Gasteiger partial charge < -0.3 is 20.3 Å². The van der Waals surface area contributed by atoms with Crippen LogP contribution in [0.15, 0.2) is 59.8 Å². The first-order valence-corrected chi connectivity index (χ1v) is 9.86. The summed E-state index contributed by atoms with van der Waals surface area (Å²) in [5, 5.41) is 5.60. The number of rotatable bonds is 6. The summed E-state index contributed by atoms with van der Waals surface area (Å²) in [5.74, 6) is -1.14. The molecule has 0 radical (unpaired) electrons. The summed E-state index contributed by atoms with van der Waals surface area (Å²) in [5.41, 5.74) is 2.65. The number of esters is 1. The number of nitrogens with one attached hydrogen (secondary N) is 2. The van der Waals surface area contributed by atoms with Gasteiger partial charge in [-0.2, -0.15) is 0 Å². The van der Waals surface area contributed by atoms with Gasteiger partial charge in [-0.25, -0.2) is 14.0 Å². The lowest BCUT2D eigenvalue weighted by atomic mass is 9.94. The lowest BCUT2D eigenvalue weighted by Gasteiger charge is -2.33. The zero-order chi connectivity index (χ0) is 22.5. The highest BCUT2D eigenvalue weighted by Gasteiger charge is 2.35. The van der Waals surface area contributed by atoms with Crippen LogP contribution in [0.5, 0.6) is 0 Å². The standard InChI is InChI=1S/C23H24FN3O4/c1-4-31-22(29)20-14(2)27(3)23(30)26-21(20)16-6-5-7-18(13-16)25-19(28)12-15-8-10-17(24)11-9-15/h5-11,13,21H,4,12H2,1-3H3,(H,25,28)(H,26,30). The SMILES string of the molecule is CCOC(=O)C1=C(C)N(C)C(=O)NC1c1cccc(NC(=O)Cc2ccc(F)cc2)c1. The molecule has 1 unspecified atom stereocenters. The maximum atomic E-state index is 13.0. The molecule has 31 heavy (non-hydrogen) atoms. The molecule has 1 atom stereocenters. The molecule has 2 aromatic rings. The molecule has 8 heteroatoms. The molecule has 0 fully saturated rings. The molecule has 162 valence electrons. The molecule has 3 rings (SSSR count). The second kappa shape index (κ2) is 9.42. The van der Waals surface area contributed by atoms with E-state index in [1.54, 1.807) is 57.3 Å². The van der Waals surface area contributed by atoms with Gasteiger partial charge in [0.05, 0.1) is 24.6 Å². The van der Waals surface area contributed by atoms with Gasteiger partial charge in [0.25, 0.3) is 0 Å². The van der Waals surface area contributed by atoms with Gasteiger partial charge in [-0.1, -0.05) is 24.3 Å². The summed E-state index contributed by atoms with van der Waals surface area (Å²) in [6.45, 7) is 3.61. The molecular weight excluding hydrogens is 401 g/mol. The van der Waals surface area contributed by atoms with Crippen LogP contribution in [0.25, 0.3) is 0 Å². The van der Waals surface area contributed by atoms with Gasteiger partial charge in [0.2, 0.25) is 5.91 Å². The predicted molar refractivity (Wildman–Crippen MR) is 114 cm³/mol.